The zero-order valence-electron chi connectivity index (χ0n) is 10.5. The predicted octanol–water partition coefficient (Wildman–Crippen LogP) is 4.16. The third-order valence-corrected chi connectivity index (χ3v) is 3.01. The van der Waals surface area contributed by atoms with Gasteiger partial charge in [-0.3, -0.25) is 0 Å². The number of ether oxygens (including phenoxy) is 1. The average Bonchev–Trinajstić information content (AvgIpc) is 2.28. The molecule has 0 atom stereocenters. The zero-order chi connectivity index (χ0) is 12.1. The first-order valence-electron chi connectivity index (χ1n) is 6.26. The van der Waals surface area contributed by atoms with Gasteiger partial charge in [-0.1, -0.05) is 39.5 Å². The van der Waals surface area contributed by atoms with Crippen LogP contribution in [0.2, 0.25) is 0 Å². The van der Waals surface area contributed by atoms with E-state index in [9.17, 15) is 4.79 Å². The van der Waals surface area contributed by atoms with Crippen molar-refractivity contribution < 1.29 is 9.53 Å². The Morgan fingerprint density at radius 3 is 2.56 bits per heavy atom. The zero-order valence-corrected chi connectivity index (χ0v) is 11.4. The number of hydrogen-bond donors (Lipinski definition) is 0. The largest absolute Gasteiger partial charge is 0.463 e. The van der Waals surface area contributed by atoms with Gasteiger partial charge in [-0.25, -0.2) is 4.79 Å². The van der Waals surface area contributed by atoms with E-state index in [1.165, 1.54) is 31.8 Å². The topological polar surface area (TPSA) is 26.3 Å². The third-order valence-electron chi connectivity index (χ3n) is 2.16. The predicted molar refractivity (Wildman–Crippen MR) is 71.6 cm³/mol. The van der Waals surface area contributed by atoms with Crippen LogP contribution in [-0.2, 0) is 9.53 Å². The van der Waals surface area contributed by atoms with Gasteiger partial charge in [0.15, 0.2) is 0 Å². The van der Waals surface area contributed by atoms with Gasteiger partial charge >= 0.3 is 5.97 Å². The number of carbonyl (C=O) groups excluding carboxylic acids is 1. The Balaban J connectivity index is 3.29. The van der Waals surface area contributed by atoms with Crippen molar-refractivity contribution in [3.05, 3.63) is 11.5 Å². The van der Waals surface area contributed by atoms with Gasteiger partial charge in [0.05, 0.1) is 6.61 Å². The molecule has 2 nitrogen and oxygen atoms in total. The molecule has 0 saturated heterocycles. The van der Waals surface area contributed by atoms with Crippen LogP contribution in [0, 0.1) is 0 Å². The first-order valence-corrected chi connectivity index (χ1v) is 7.31. The molecule has 0 heterocycles. The van der Waals surface area contributed by atoms with Crippen LogP contribution in [0.25, 0.3) is 0 Å². The molecule has 0 aromatic heterocycles. The fraction of sp³-hybridized carbons (Fsp3) is 0.769. The number of rotatable bonds is 10. The van der Waals surface area contributed by atoms with Crippen molar-refractivity contribution in [3.8, 4) is 0 Å². The van der Waals surface area contributed by atoms with Crippen LogP contribution in [-0.4, -0.2) is 18.3 Å². The van der Waals surface area contributed by atoms with Crippen LogP contribution in [0.1, 0.15) is 52.4 Å². The summed E-state index contributed by atoms with van der Waals surface area (Å²) in [7, 11) is 0. The van der Waals surface area contributed by atoms with Gasteiger partial charge in [0.25, 0.3) is 0 Å². The minimum atomic E-state index is -0.208. The molecule has 0 aromatic rings. The highest BCUT2D eigenvalue weighted by molar-refractivity contribution is 8.02. The van der Waals surface area contributed by atoms with Gasteiger partial charge in [0.2, 0.25) is 0 Å². The fourth-order valence-electron chi connectivity index (χ4n) is 1.15. The van der Waals surface area contributed by atoms with E-state index < -0.39 is 0 Å². The summed E-state index contributed by atoms with van der Waals surface area (Å²) in [5.74, 6) is 0.872. The molecule has 0 radical (unpaired) electrons. The summed E-state index contributed by atoms with van der Waals surface area (Å²) in [6.07, 6.45) is 8.49. The molecule has 0 fully saturated rings. The molecule has 16 heavy (non-hydrogen) atoms. The van der Waals surface area contributed by atoms with E-state index in [4.69, 9.17) is 4.74 Å². The highest BCUT2D eigenvalue weighted by atomic mass is 32.2. The third kappa shape index (κ3) is 11.6. The van der Waals surface area contributed by atoms with Crippen molar-refractivity contribution in [1.82, 2.24) is 0 Å². The van der Waals surface area contributed by atoms with Crippen molar-refractivity contribution in [2.24, 2.45) is 0 Å². The second kappa shape index (κ2) is 12.6. The minimum absolute atomic E-state index is 0.208. The lowest BCUT2D eigenvalue weighted by Crippen LogP contribution is -2.01. The van der Waals surface area contributed by atoms with Crippen LogP contribution >= 0.6 is 11.8 Å². The molecular formula is C13H24O2S. The van der Waals surface area contributed by atoms with Gasteiger partial charge in [-0.15, -0.1) is 11.8 Å². The van der Waals surface area contributed by atoms with Crippen molar-refractivity contribution in [2.45, 2.75) is 52.4 Å². The number of esters is 1. The average molecular weight is 244 g/mol. The molecule has 0 aliphatic rings. The van der Waals surface area contributed by atoms with E-state index in [-0.39, 0.29) is 5.97 Å². The fourth-order valence-corrected chi connectivity index (χ4v) is 1.95. The van der Waals surface area contributed by atoms with Crippen LogP contribution in [0.4, 0.5) is 0 Å². The first-order chi connectivity index (χ1) is 7.81. The lowest BCUT2D eigenvalue weighted by atomic mass is 10.2. The molecule has 0 aliphatic carbocycles. The molecule has 0 bridgehead atoms. The molecule has 0 unspecified atom stereocenters. The Morgan fingerprint density at radius 1 is 1.12 bits per heavy atom. The molecule has 0 spiro atoms. The molecule has 0 rings (SSSR count). The van der Waals surface area contributed by atoms with Gasteiger partial charge in [0, 0.05) is 6.08 Å². The summed E-state index contributed by atoms with van der Waals surface area (Å²) in [5, 5.41) is 1.84. The summed E-state index contributed by atoms with van der Waals surface area (Å²) in [6, 6.07) is 0. The Labute approximate surface area is 104 Å². The van der Waals surface area contributed by atoms with E-state index in [0.717, 1.165) is 18.6 Å². The molecule has 0 N–H and O–H groups in total. The van der Waals surface area contributed by atoms with Gasteiger partial charge in [-0.2, -0.15) is 0 Å². The summed E-state index contributed by atoms with van der Waals surface area (Å²) in [5.41, 5.74) is 0. The highest BCUT2D eigenvalue weighted by Gasteiger charge is 1.95. The molecule has 94 valence electrons. The summed E-state index contributed by atoms with van der Waals surface area (Å²) >= 11 is 1.67. The van der Waals surface area contributed by atoms with E-state index in [1.807, 2.05) is 5.41 Å². The summed E-state index contributed by atoms with van der Waals surface area (Å²) < 4.78 is 5.06. The van der Waals surface area contributed by atoms with Crippen LogP contribution < -0.4 is 0 Å². The Bertz CT molecular complexity index is 190. The van der Waals surface area contributed by atoms with Crippen LogP contribution in [0.15, 0.2) is 11.5 Å². The standard InChI is InChI=1S/C13H24O2S/c1-3-5-7-8-10-15-13(14)9-12-16-11-6-4-2/h9,12H,3-8,10-11H2,1-2H3/b12-9+. The second-order valence-electron chi connectivity index (χ2n) is 3.76. The van der Waals surface area contributed by atoms with E-state index >= 15 is 0 Å². The van der Waals surface area contributed by atoms with Gasteiger partial charge in [0.1, 0.15) is 0 Å². The Hall–Kier alpha value is -0.440. The lowest BCUT2D eigenvalue weighted by molar-refractivity contribution is -0.137. The molecule has 0 aromatic carbocycles. The van der Waals surface area contributed by atoms with Crippen molar-refractivity contribution in [2.75, 3.05) is 12.4 Å². The summed E-state index contributed by atoms with van der Waals surface area (Å²) in [4.78, 5) is 11.2. The van der Waals surface area contributed by atoms with Gasteiger partial charge < -0.3 is 4.74 Å². The number of hydrogen-bond acceptors (Lipinski definition) is 3. The molecule has 0 saturated carbocycles. The molecule has 0 amide bonds. The van der Waals surface area contributed by atoms with Crippen molar-refractivity contribution in [1.29, 1.82) is 0 Å². The minimum Gasteiger partial charge on any atom is -0.463 e. The lowest BCUT2D eigenvalue weighted by Gasteiger charge is -2.00. The second-order valence-corrected chi connectivity index (χ2v) is 4.77. The van der Waals surface area contributed by atoms with Crippen molar-refractivity contribution in [3.63, 3.8) is 0 Å². The van der Waals surface area contributed by atoms with E-state index in [0.29, 0.717) is 6.61 Å². The number of unbranched alkanes of at least 4 members (excludes halogenated alkanes) is 4. The highest BCUT2D eigenvalue weighted by Crippen LogP contribution is 2.06. The smallest absolute Gasteiger partial charge is 0.331 e. The number of carbonyl (C=O) groups is 1. The molecule has 0 aliphatic heterocycles. The first kappa shape index (κ1) is 15.6. The van der Waals surface area contributed by atoms with Crippen LogP contribution in [0.5, 0.6) is 0 Å². The maximum absolute atomic E-state index is 11.2. The number of thioether (sulfide) groups is 1. The summed E-state index contributed by atoms with van der Waals surface area (Å²) in [6.45, 7) is 4.89. The normalized spacial score (nSPS) is 10.9. The molecule has 3 heteroatoms. The van der Waals surface area contributed by atoms with Gasteiger partial charge in [-0.05, 0) is 24.0 Å². The Morgan fingerprint density at radius 2 is 1.88 bits per heavy atom. The SMILES string of the molecule is CCCCCCOC(=O)/C=C/SCCCC. The maximum atomic E-state index is 11.2. The monoisotopic (exact) mass is 244 g/mol. The molecular weight excluding hydrogens is 220 g/mol. The van der Waals surface area contributed by atoms with Crippen molar-refractivity contribution >= 4 is 17.7 Å². The van der Waals surface area contributed by atoms with Crippen LogP contribution in [0.3, 0.4) is 0 Å². The van der Waals surface area contributed by atoms with E-state index in [2.05, 4.69) is 13.8 Å². The Kier molecular flexibility index (Phi) is 12.3. The van der Waals surface area contributed by atoms with E-state index in [1.54, 1.807) is 11.8 Å². The maximum Gasteiger partial charge on any atom is 0.331 e. The quantitative estimate of drug-likeness (QED) is 0.328.